The molecule has 2 atom stereocenters. The van der Waals surface area contributed by atoms with Crippen molar-refractivity contribution in [3.8, 4) is 11.5 Å². The predicted molar refractivity (Wildman–Crippen MR) is 159 cm³/mol. The fraction of sp³-hybridized carbons (Fsp3) is 0.206. The molecule has 1 heterocycles. The summed E-state index contributed by atoms with van der Waals surface area (Å²) in [7, 11) is 3.35. The number of para-hydroxylation sites is 4. The fourth-order valence-electron chi connectivity index (χ4n) is 5.47. The van der Waals surface area contributed by atoms with Crippen LogP contribution in [0.25, 0.3) is 0 Å². The number of benzene rings is 4. The van der Waals surface area contributed by atoms with Gasteiger partial charge in [0.05, 0.1) is 38.5 Å². The molecule has 0 aliphatic carbocycles. The number of ether oxygens (including phenoxy) is 3. The predicted octanol–water partition coefficient (Wildman–Crippen LogP) is 7.33. The lowest BCUT2D eigenvalue weighted by molar-refractivity contribution is -0.139. The van der Waals surface area contributed by atoms with Crippen LogP contribution in [0.3, 0.4) is 0 Å². The maximum atomic E-state index is 13.9. The Morgan fingerprint density at radius 3 is 1.95 bits per heavy atom. The third-order valence-corrected chi connectivity index (χ3v) is 7.16. The SMILES string of the molecule is CCOC(=O)C1=C(Nc2ccccc2)C[C@H](c2ccccc2OC)N(c2ccccc2)[C@H]1c1ccccc1OC. The first kappa shape index (κ1) is 26.9. The molecule has 204 valence electrons. The molecule has 0 unspecified atom stereocenters. The highest BCUT2D eigenvalue weighted by molar-refractivity contribution is 5.93. The minimum Gasteiger partial charge on any atom is -0.496 e. The topological polar surface area (TPSA) is 60.0 Å². The van der Waals surface area contributed by atoms with E-state index in [-0.39, 0.29) is 18.6 Å². The summed E-state index contributed by atoms with van der Waals surface area (Å²) in [5.74, 6) is 1.11. The summed E-state index contributed by atoms with van der Waals surface area (Å²) in [6, 6.07) is 35.3. The van der Waals surface area contributed by atoms with E-state index in [0.717, 1.165) is 33.9 Å². The molecule has 6 heteroatoms. The first-order valence-electron chi connectivity index (χ1n) is 13.5. The van der Waals surface area contributed by atoms with Gasteiger partial charge in [0.25, 0.3) is 0 Å². The summed E-state index contributed by atoms with van der Waals surface area (Å²) in [5, 5.41) is 3.59. The number of carbonyl (C=O) groups excluding carboxylic acids is 1. The van der Waals surface area contributed by atoms with Crippen molar-refractivity contribution < 1.29 is 19.0 Å². The monoisotopic (exact) mass is 534 g/mol. The Bertz CT molecular complexity index is 1470. The van der Waals surface area contributed by atoms with E-state index >= 15 is 0 Å². The van der Waals surface area contributed by atoms with Crippen molar-refractivity contribution in [1.82, 2.24) is 0 Å². The van der Waals surface area contributed by atoms with E-state index in [9.17, 15) is 4.79 Å². The molecule has 0 fully saturated rings. The Morgan fingerprint density at radius 1 is 0.775 bits per heavy atom. The lowest BCUT2D eigenvalue weighted by Gasteiger charge is -2.46. The summed E-state index contributed by atoms with van der Waals surface area (Å²) >= 11 is 0. The van der Waals surface area contributed by atoms with Gasteiger partial charge < -0.3 is 24.4 Å². The van der Waals surface area contributed by atoms with E-state index in [1.807, 2.05) is 97.9 Å². The lowest BCUT2D eigenvalue weighted by atomic mass is 9.83. The minimum atomic E-state index is -0.521. The van der Waals surface area contributed by atoms with E-state index in [4.69, 9.17) is 14.2 Å². The van der Waals surface area contributed by atoms with Crippen LogP contribution in [0.2, 0.25) is 0 Å². The van der Waals surface area contributed by atoms with Crippen LogP contribution in [0.5, 0.6) is 11.5 Å². The van der Waals surface area contributed by atoms with E-state index in [0.29, 0.717) is 17.7 Å². The van der Waals surface area contributed by atoms with Crippen LogP contribution in [0, 0.1) is 0 Å². The normalized spacial score (nSPS) is 16.8. The van der Waals surface area contributed by atoms with Crippen molar-refractivity contribution in [2.24, 2.45) is 0 Å². The van der Waals surface area contributed by atoms with Gasteiger partial charge in [-0.15, -0.1) is 0 Å². The van der Waals surface area contributed by atoms with Gasteiger partial charge in [-0.2, -0.15) is 0 Å². The zero-order valence-electron chi connectivity index (χ0n) is 23.0. The lowest BCUT2D eigenvalue weighted by Crippen LogP contribution is -2.42. The smallest absolute Gasteiger partial charge is 0.338 e. The molecule has 0 radical (unpaired) electrons. The van der Waals surface area contributed by atoms with Crippen molar-refractivity contribution in [1.29, 1.82) is 0 Å². The number of hydrogen-bond acceptors (Lipinski definition) is 6. The van der Waals surface area contributed by atoms with Crippen LogP contribution in [-0.4, -0.2) is 26.8 Å². The molecule has 0 saturated carbocycles. The molecule has 0 aromatic heterocycles. The van der Waals surface area contributed by atoms with Gasteiger partial charge in [0.15, 0.2) is 0 Å². The fourth-order valence-corrected chi connectivity index (χ4v) is 5.47. The highest BCUT2D eigenvalue weighted by atomic mass is 16.5. The standard InChI is InChI=1S/C34H34N2O4/c1-4-40-34(37)32-28(35-24-15-7-5-8-16-24)23-29(26-19-11-13-21-30(26)38-2)36(25-17-9-6-10-18-25)33(32)27-20-12-14-22-31(27)39-3/h5-22,29,33,35H,4,23H2,1-3H3/t29-,33+/m1/s1. The number of carbonyl (C=O) groups is 1. The number of rotatable bonds is 9. The molecule has 4 aromatic carbocycles. The van der Waals surface area contributed by atoms with Crippen molar-refractivity contribution >= 4 is 17.3 Å². The van der Waals surface area contributed by atoms with Crippen LogP contribution in [0.1, 0.15) is 36.6 Å². The molecule has 1 aliphatic heterocycles. The zero-order valence-corrected chi connectivity index (χ0v) is 23.0. The Hall–Kier alpha value is -4.71. The van der Waals surface area contributed by atoms with Gasteiger partial charge in [0, 0.05) is 34.6 Å². The minimum absolute atomic E-state index is 0.183. The van der Waals surface area contributed by atoms with Gasteiger partial charge >= 0.3 is 5.97 Å². The second-order valence-electron chi connectivity index (χ2n) is 9.45. The number of anilines is 2. The van der Waals surface area contributed by atoms with Crippen molar-refractivity contribution in [3.63, 3.8) is 0 Å². The number of nitrogens with zero attached hydrogens (tertiary/aromatic N) is 1. The largest absolute Gasteiger partial charge is 0.496 e. The maximum absolute atomic E-state index is 13.9. The third kappa shape index (κ3) is 5.38. The molecule has 6 nitrogen and oxygen atoms in total. The molecule has 0 saturated heterocycles. The van der Waals surface area contributed by atoms with Gasteiger partial charge in [0.2, 0.25) is 0 Å². The highest BCUT2D eigenvalue weighted by Gasteiger charge is 2.43. The van der Waals surface area contributed by atoms with E-state index < -0.39 is 6.04 Å². The average Bonchev–Trinajstić information content (AvgIpc) is 3.01. The van der Waals surface area contributed by atoms with Gasteiger partial charge in [-0.05, 0) is 43.3 Å². The molecule has 5 rings (SSSR count). The first-order valence-corrected chi connectivity index (χ1v) is 13.5. The molecule has 40 heavy (non-hydrogen) atoms. The Morgan fingerprint density at radius 2 is 1.32 bits per heavy atom. The molecule has 4 aromatic rings. The third-order valence-electron chi connectivity index (χ3n) is 7.16. The Kier molecular flexibility index (Phi) is 8.35. The van der Waals surface area contributed by atoms with Gasteiger partial charge in [-0.3, -0.25) is 0 Å². The summed E-state index contributed by atoms with van der Waals surface area (Å²) in [6.45, 7) is 2.09. The first-order chi connectivity index (χ1) is 19.7. The number of esters is 1. The van der Waals surface area contributed by atoms with Crippen molar-refractivity contribution in [2.75, 3.05) is 31.0 Å². The van der Waals surface area contributed by atoms with E-state index in [1.54, 1.807) is 14.2 Å². The molecule has 1 aliphatic rings. The van der Waals surface area contributed by atoms with Crippen molar-refractivity contribution in [3.05, 3.63) is 132 Å². The maximum Gasteiger partial charge on any atom is 0.338 e. The summed E-state index contributed by atoms with van der Waals surface area (Å²) in [6.07, 6.45) is 0.518. The number of methoxy groups -OCH3 is 2. The van der Waals surface area contributed by atoms with Crippen molar-refractivity contribution in [2.45, 2.75) is 25.4 Å². The second-order valence-corrected chi connectivity index (χ2v) is 9.45. The Balaban J connectivity index is 1.83. The molecule has 1 N–H and O–H groups in total. The molecule has 0 spiro atoms. The van der Waals surface area contributed by atoms with Crippen LogP contribution in [0.15, 0.2) is 120 Å². The van der Waals surface area contributed by atoms with Gasteiger partial charge in [0.1, 0.15) is 11.5 Å². The van der Waals surface area contributed by atoms with Crippen LogP contribution >= 0.6 is 0 Å². The second kappa shape index (κ2) is 12.4. The summed E-state index contributed by atoms with van der Waals surface area (Å²) in [4.78, 5) is 16.2. The molecular formula is C34H34N2O4. The highest BCUT2D eigenvalue weighted by Crippen LogP contribution is 2.51. The van der Waals surface area contributed by atoms with Gasteiger partial charge in [-0.25, -0.2) is 4.79 Å². The molecular weight excluding hydrogens is 500 g/mol. The number of hydrogen-bond donors (Lipinski definition) is 1. The quantitative estimate of drug-likeness (QED) is 0.227. The summed E-state index contributed by atoms with van der Waals surface area (Å²) < 4.78 is 17.4. The van der Waals surface area contributed by atoms with Crippen LogP contribution < -0.4 is 19.7 Å². The molecule has 0 amide bonds. The van der Waals surface area contributed by atoms with Gasteiger partial charge in [-0.1, -0.05) is 72.8 Å². The van der Waals surface area contributed by atoms with Crippen LogP contribution in [0.4, 0.5) is 11.4 Å². The zero-order chi connectivity index (χ0) is 27.9. The van der Waals surface area contributed by atoms with E-state index in [2.05, 4.69) is 28.4 Å². The average molecular weight is 535 g/mol. The number of nitrogens with one attached hydrogen (secondary N) is 1. The van der Waals surface area contributed by atoms with E-state index in [1.165, 1.54) is 0 Å². The molecule has 0 bridgehead atoms. The summed E-state index contributed by atoms with van der Waals surface area (Å²) in [5.41, 5.74) is 5.08. The Labute approximate surface area is 235 Å². The van der Waals surface area contributed by atoms with Crippen LogP contribution in [-0.2, 0) is 9.53 Å².